The van der Waals surface area contributed by atoms with Crippen LogP contribution in [0.5, 0.6) is 0 Å². The van der Waals surface area contributed by atoms with E-state index in [0.717, 1.165) is 22.4 Å². The molecule has 9 heteroatoms. The van der Waals surface area contributed by atoms with E-state index in [1.54, 1.807) is 50.6 Å². The first kappa shape index (κ1) is 21.0. The second kappa shape index (κ2) is 7.61. The van der Waals surface area contributed by atoms with Gasteiger partial charge in [0.15, 0.2) is 9.84 Å². The Kier molecular flexibility index (Phi) is 4.99. The first-order valence-corrected chi connectivity index (χ1v) is 12.2. The molecule has 3 aromatic rings. The summed E-state index contributed by atoms with van der Waals surface area (Å²) in [5.41, 5.74) is 3.89. The molecule has 0 unspecified atom stereocenters. The van der Waals surface area contributed by atoms with Crippen LogP contribution in [-0.4, -0.2) is 54.0 Å². The van der Waals surface area contributed by atoms with Crippen molar-refractivity contribution in [3.8, 4) is 11.3 Å². The fraction of sp³-hybridized carbons (Fsp3) is 0.348. The highest BCUT2D eigenvalue weighted by molar-refractivity contribution is 7.91. The molecule has 1 atom stereocenters. The maximum atomic E-state index is 12.5. The highest BCUT2D eigenvalue weighted by Gasteiger charge is 2.49. The average molecular weight is 453 g/mol. The SMILES string of the molecule is CCS(=O)(=O)c1ccc2c(c1)N(c1ncc(-c3cc([C@H](C)O)ccn3)cn1)CC21COC1. The summed E-state index contributed by atoms with van der Waals surface area (Å²) >= 11 is 0. The molecule has 1 spiro atoms. The highest BCUT2D eigenvalue weighted by Crippen LogP contribution is 2.48. The van der Waals surface area contributed by atoms with Crippen molar-refractivity contribution in [1.29, 1.82) is 0 Å². The van der Waals surface area contributed by atoms with E-state index in [1.807, 2.05) is 17.0 Å². The van der Waals surface area contributed by atoms with Crippen LogP contribution in [0, 0.1) is 0 Å². The molecule has 0 aliphatic carbocycles. The number of pyridine rings is 1. The molecule has 32 heavy (non-hydrogen) atoms. The quantitative estimate of drug-likeness (QED) is 0.630. The topological polar surface area (TPSA) is 106 Å². The van der Waals surface area contributed by atoms with Gasteiger partial charge in [-0.2, -0.15) is 0 Å². The fourth-order valence-corrected chi connectivity index (χ4v) is 5.15. The number of ether oxygens (including phenoxy) is 1. The lowest BCUT2D eigenvalue weighted by atomic mass is 9.81. The van der Waals surface area contributed by atoms with Gasteiger partial charge in [0.05, 0.1) is 41.1 Å². The first-order chi connectivity index (χ1) is 15.3. The normalized spacial score (nSPS) is 17.8. The number of hydrogen-bond acceptors (Lipinski definition) is 8. The van der Waals surface area contributed by atoms with Crippen molar-refractivity contribution in [2.45, 2.75) is 30.3 Å². The number of nitrogens with zero attached hydrogens (tertiary/aromatic N) is 4. The van der Waals surface area contributed by atoms with E-state index in [2.05, 4.69) is 15.0 Å². The van der Waals surface area contributed by atoms with Crippen molar-refractivity contribution >= 4 is 21.5 Å². The summed E-state index contributed by atoms with van der Waals surface area (Å²) in [5, 5.41) is 9.83. The third kappa shape index (κ3) is 3.37. The predicted octanol–water partition coefficient (Wildman–Crippen LogP) is 2.81. The Morgan fingerprint density at radius 3 is 2.53 bits per heavy atom. The summed E-state index contributed by atoms with van der Waals surface area (Å²) in [6.07, 6.45) is 4.46. The molecule has 5 rings (SSSR count). The minimum atomic E-state index is -3.33. The molecule has 1 aromatic carbocycles. The molecule has 1 saturated heterocycles. The van der Waals surface area contributed by atoms with Crippen LogP contribution >= 0.6 is 0 Å². The van der Waals surface area contributed by atoms with Crippen LogP contribution in [0.4, 0.5) is 11.6 Å². The maximum absolute atomic E-state index is 12.5. The zero-order valence-electron chi connectivity index (χ0n) is 17.9. The smallest absolute Gasteiger partial charge is 0.229 e. The number of sulfone groups is 1. The lowest BCUT2D eigenvalue weighted by Gasteiger charge is -2.38. The van der Waals surface area contributed by atoms with Gasteiger partial charge in [0.2, 0.25) is 5.95 Å². The molecule has 2 aromatic heterocycles. The molecule has 4 heterocycles. The van der Waals surface area contributed by atoms with Crippen LogP contribution in [0.3, 0.4) is 0 Å². The Balaban J connectivity index is 1.52. The van der Waals surface area contributed by atoms with E-state index in [-0.39, 0.29) is 11.2 Å². The molecule has 8 nitrogen and oxygen atoms in total. The predicted molar refractivity (Wildman–Crippen MR) is 120 cm³/mol. The van der Waals surface area contributed by atoms with Crippen molar-refractivity contribution in [3.05, 3.63) is 60.0 Å². The van der Waals surface area contributed by atoms with Gasteiger partial charge >= 0.3 is 0 Å². The maximum Gasteiger partial charge on any atom is 0.229 e. The molecular formula is C23H24N4O4S. The van der Waals surface area contributed by atoms with E-state index < -0.39 is 15.9 Å². The Bertz CT molecular complexity index is 1270. The zero-order valence-corrected chi connectivity index (χ0v) is 18.7. The number of hydrogen-bond donors (Lipinski definition) is 1. The van der Waals surface area contributed by atoms with Crippen molar-refractivity contribution in [2.75, 3.05) is 30.4 Å². The molecular weight excluding hydrogens is 428 g/mol. The third-order valence-electron chi connectivity index (χ3n) is 6.23. The molecule has 0 amide bonds. The Morgan fingerprint density at radius 1 is 1.16 bits per heavy atom. The highest BCUT2D eigenvalue weighted by atomic mass is 32.2. The number of benzene rings is 1. The number of aliphatic hydroxyl groups is 1. The summed E-state index contributed by atoms with van der Waals surface area (Å²) in [6, 6.07) is 8.90. The minimum absolute atomic E-state index is 0.0454. The second-order valence-electron chi connectivity index (χ2n) is 8.36. The van der Waals surface area contributed by atoms with Crippen LogP contribution in [0.15, 0.2) is 53.8 Å². The Labute approximate surface area is 186 Å². The van der Waals surface area contributed by atoms with Gasteiger partial charge in [-0.05, 0) is 42.3 Å². The van der Waals surface area contributed by atoms with Gasteiger partial charge < -0.3 is 14.7 Å². The van der Waals surface area contributed by atoms with E-state index in [4.69, 9.17) is 4.74 Å². The standard InChI is InChI=1S/C23H24N4O4S/c1-3-32(29,30)18-4-5-19-21(9-18)27(12-23(19)13-31-14-23)22-25-10-17(11-26-22)20-8-16(15(2)28)6-7-24-20/h4-11,15,28H,3,12-14H2,1-2H3/t15-/m0/s1. The van der Waals surface area contributed by atoms with Gasteiger partial charge in [0.25, 0.3) is 0 Å². The van der Waals surface area contributed by atoms with Crippen molar-refractivity contribution < 1.29 is 18.3 Å². The minimum Gasteiger partial charge on any atom is -0.389 e. The number of anilines is 2. The molecule has 0 bridgehead atoms. The number of aromatic nitrogens is 3. The molecule has 0 radical (unpaired) electrons. The zero-order chi connectivity index (χ0) is 22.5. The van der Waals surface area contributed by atoms with Gasteiger partial charge in [-0.3, -0.25) is 4.98 Å². The van der Waals surface area contributed by atoms with E-state index in [9.17, 15) is 13.5 Å². The number of fused-ring (bicyclic) bond motifs is 2. The molecule has 2 aliphatic rings. The van der Waals surface area contributed by atoms with Crippen LogP contribution in [0.2, 0.25) is 0 Å². The molecule has 166 valence electrons. The van der Waals surface area contributed by atoms with Gasteiger partial charge in [-0.25, -0.2) is 18.4 Å². The summed E-state index contributed by atoms with van der Waals surface area (Å²) < 4.78 is 30.4. The van der Waals surface area contributed by atoms with Crippen LogP contribution < -0.4 is 4.90 Å². The second-order valence-corrected chi connectivity index (χ2v) is 10.6. The first-order valence-electron chi connectivity index (χ1n) is 10.5. The van der Waals surface area contributed by atoms with Crippen molar-refractivity contribution in [1.82, 2.24) is 15.0 Å². The largest absolute Gasteiger partial charge is 0.389 e. The van der Waals surface area contributed by atoms with Crippen molar-refractivity contribution in [2.24, 2.45) is 0 Å². The summed E-state index contributed by atoms with van der Waals surface area (Å²) in [7, 11) is -3.33. The number of aliphatic hydroxyl groups excluding tert-OH is 1. The van der Waals surface area contributed by atoms with Gasteiger partial charge in [0, 0.05) is 36.4 Å². The lowest BCUT2D eigenvalue weighted by Crippen LogP contribution is -2.49. The summed E-state index contributed by atoms with van der Waals surface area (Å²) in [6.45, 7) is 5.16. The van der Waals surface area contributed by atoms with Crippen LogP contribution in [0.1, 0.15) is 31.1 Å². The van der Waals surface area contributed by atoms with E-state index in [0.29, 0.717) is 36.3 Å². The van der Waals surface area contributed by atoms with Gasteiger partial charge in [0.1, 0.15) is 0 Å². The van der Waals surface area contributed by atoms with Crippen LogP contribution in [-0.2, 0) is 20.0 Å². The molecule has 1 N–H and O–H groups in total. The number of rotatable bonds is 5. The third-order valence-corrected chi connectivity index (χ3v) is 7.96. The average Bonchev–Trinajstić information content (AvgIpc) is 3.15. The van der Waals surface area contributed by atoms with E-state index >= 15 is 0 Å². The Hall–Kier alpha value is -2.88. The molecule has 2 aliphatic heterocycles. The van der Waals surface area contributed by atoms with Crippen molar-refractivity contribution in [3.63, 3.8) is 0 Å². The monoisotopic (exact) mass is 452 g/mol. The van der Waals surface area contributed by atoms with E-state index in [1.165, 1.54) is 0 Å². The fourth-order valence-electron chi connectivity index (χ4n) is 4.25. The van der Waals surface area contributed by atoms with Crippen LogP contribution in [0.25, 0.3) is 11.3 Å². The molecule has 0 saturated carbocycles. The lowest BCUT2D eigenvalue weighted by molar-refractivity contribution is -0.0507. The summed E-state index contributed by atoms with van der Waals surface area (Å²) in [5.74, 6) is 0.542. The Morgan fingerprint density at radius 2 is 1.91 bits per heavy atom. The summed E-state index contributed by atoms with van der Waals surface area (Å²) in [4.78, 5) is 15.8. The van der Waals surface area contributed by atoms with Gasteiger partial charge in [-0.15, -0.1) is 0 Å². The van der Waals surface area contributed by atoms with Gasteiger partial charge in [-0.1, -0.05) is 13.0 Å². The molecule has 1 fully saturated rings.